The Morgan fingerprint density at radius 2 is 1.87 bits per heavy atom. The van der Waals surface area contributed by atoms with Crippen molar-refractivity contribution >= 4 is 5.91 Å². The maximum absolute atomic E-state index is 11.4. The Kier molecular flexibility index (Phi) is 5.69. The lowest BCUT2D eigenvalue weighted by Crippen LogP contribution is -2.29. The number of hydrogen-bond donors (Lipinski definition) is 2. The number of hydrogen-bond acceptors (Lipinski definition) is 2. The van der Waals surface area contributed by atoms with Crippen LogP contribution >= 0.6 is 0 Å². The molecular weight excluding hydrogens is 188 g/mol. The molecule has 1 aliphatic carbocycles. The van der Waals surface area contributed by atoms with Gasteiger partial charge < -0.3 is 11.1 Å². The molecule has 0 aromatic carbocycles. The molecule has 1 saturated carbocycles. The van der Waals surface area contributed by atoms with Crippen molar-refractivity contribution in [2.24, 2.45) is 5.73 Å². The van der Waals surface area contributed by atoms with Gasteiger partial charge in [0.25, 0.3) is 0 Å². The average molecular weight is 212 g/mol. The first-order valence-corrected chi connectivity index (χ1v) is 6.29. The maximum Gasteiger partial charge on any atom is 0.220 e. The fourth-order valence-corrected chi connectivity index (χ4v) is 1.73. The Morgan fingerprint density at radius 3 is 2.47 bits per heavy atom. The molecule has 0 aromatic rings. The Hall–Kier alpha value is -0.570. The van der Waals surface area contributed by atoms with E-state index < -0.39 is 0 Å². The third-order valence-corrected chi connectivity index (χ3v) is 2.94. The van der Waals surface area contributed by atoms with Gasteiger partial charge in [0.15, 0.2) is 0 Å². The number of unbranched alkanes of at least 4 members (excludes halogenated alkanes) is 5. The molecule has 2 unspecified atom stereocenters. The van der Waals surface area contributed by atoms with Crippen LogP contribution in [0.1, 0.15) is 58.3 Å². The highest BCUT2D eigenvalue weighted by molar-refractivity contribution is 5.76. The second-order valence-corrected chi connectivity index (χ2v) is 4.59. The molecule has 0 spiro atoms. The third kappa shape index (κ3) is 5.78. The van der Waals surface area contributed by atoms with Gasteiger partial charge in [-0.15, -0.1) is 0 Å². The van der Waals surface area contributed by atoms with E-state index in [0.29, 0.717) is 6.42 Å². The van der Waals surface area contributed by atoms with E-state index >= 15 is 0 Å². The summed E-state index contributed by atoms with van der Waals surface area (Å²) in [4.78, 5) is 11.4. The maximum atomic E-state index is 11.4. The number of carbonyl (C=O) groups excluding carboxylic acids is 1. The first-order chi connectivity index (χ1) is 7.24. The number of nitrogens with one attached hydrogen (secondary N) is 1. The highest BCUT2D eigenvalue weighted by atomic mass is 16.1. The van der Waals surface area contributed by atoms with Crippen molar-refractivity contribution in [3.05, 3.63) is 0 Å². The van der Waals surface area contributed by atoms with Crippen molar-refractivity contribution in [2.45, 2.75) is 70.4 Å². The van der Waals surface area contributed by atoms with E-state index in [1.165, 1.54) is 32.1 Å². The average Bonchev–Trinajstić information content (AvgIpc) is 2.88. The van der Waals surface area contributed by atoms with Crippen LogP contribution in [0.25, 0.3) is 0 Å². The van der Waals surface area contributed by atoms with Gasteiger partial charge in [0.05, 0.1) is 0 Å². The Balaban J connectivity index is 1.84. The predicted molar refractivity (Wildman–Crippen MR) is 62.5 cm³/mol. The van der Waals surface area contributed by atoms with E-state index in [0.717, 1.165) is 12.8 Å². The van der Waals surface area contributed by atoms with Crippen LogP contribution in [-0.2, 0) is 4.79 Å². The summed E-state index contributed by atoms with van der Waals surface area (Å²) in [6, 6.07) is 0.496. The minimum Gasteiger partial charge on any atom is -0.352 e. The van der Waals surface area contributed by atoms with Crippen molar-refractivity contribution in [3.8, 4) is 0 Å². The predicted octanol–water partition coefficient (Wildman–Crippen LogP) is 1.95. The van der Waals surface area contributed by atoms with Crippen LogP contribution in [0.4, 0.5) is 0 Å². The summed E-state index contributed by atoms with van der Waals surface area (Å²) >= 11 is 0. The molecule has 0 heterocycles. The van der Waals surface area contributed by atoms with Gasteiger partial charge in [0.2, 0.25) is 5.91 Å². The summed E-state index contributed by atoms with van der Waals surface area (Å²) in [7, 11) is 0. The van der Waals surface area contributed by atoms with Crippen LogP contribution in [-0.4, -0.2) is 18.0 Å². The molecule has 0 aromatic heterocycles. The second-order valence-electron chi connectivity index (χ2n) is 4.59. The van der Waals surface area contributed by atoms with E-state index in [4.69, 9.17) is 5.73 Å². The fraction of sp³-hybridized carbons (Fsp3) is 0.917. The zero-order valence-electron chi connectivity index (χ0n) is 9.80. The van der Waals surface area contributed by atoms with E-state index in [1.54, 1.807) is 0 Å². The second kappa shape index (κ2) is 6.83. The Morgan fingerprint density at radius 1 is 1.27 bits per heavy atom. The van der Waals surface area contributed by atoms with Gasteiger partial charge >= 0.3 is 0 Å². The van der Waals surface area contributed by atoms with Crippen LogP contribution in [0.3, 0.4) is 0 Å². The minimum absolute atomic E-state index is 0.184. The van der Waals surface area contributed by atoms with Crippen molar-refractivity contribution < 1.29 is 4.79 Å². The number of carbonyl (C=O) groups is 1. The fourth-order valence-electron chi connectivity index (χ4n) is 1.73. The molecule has 0 radical (unpaired) electrons. The molecule has 15 heavy (non-hydrogen) atoms. The Labute approximate surface area is 92.8 Å². The zero-order chi connectivity index (χ0) is 11.1. The zero-order valence-corrected chi connectivity index (χ0v) is 9.80. The monoisotopic (exact) mass is 212 g/mol. The first kappa shape index (κ1) is 12.5. The van der Waals surface area contributed by atoms with Gasteiger partial charge in [-0.2, -0.15) is 0 Å². The van der Waals surface area contributed by atoms with Crippen LogP contribution < -0.4 is 11.1 Å². The van der Waals surface area contributed by atoms with Gasteiger partial charge in [0, 0.05) is 18.5 Å². The van der Waals surface area contributed by atoms with Crippen LogP contribution in [0.5, 0.6) is 0 Å². The van der Waals surface area contributed by atoms with Crippen LogP contribution in [0.2, 0.25) is 0 Å². The summed E-state index contributed by atoms with van der Waals surface area (Å²) < 4.78 is 0. The van der Waals surface area contributed by atoms with Crippen molar-refractivity contribution in [1.29, 1.82) is 0 Å². The van der Waals surface area contributed by atoms with Gasteiger partial charge in [0.1, 0.15) is 0 Å². The summed E-state index contributed by atoms with van der Waals surface area (Å²) in [5.41, 5.74) is 5.61. The molecule has 2 atom stereocenters. The van der Waals surface area contributed by atoms with Crippen molar-refractivity contribution in [1.82, 2.24) is 5.32 Å². The topological polar surface area (TPSA) is 55.1 Å². The van der Waals surface area contributed by atoms with Gasteiger partial charge in [-0.05, 0) is 12.8 Å². The lowest BCUT2D eigenvalue weighted by Gasteiger charge is -2.03. The van der Waals surface area contributed by atoms with Gasteiger partial charge in [-0.3, -0.25) is 4.79 Å². The molecule has 0 aliphatic heterocycles. The first-order valence-electron chi connectivity index (χ1n) is 6.29. The highest BCUT2D eigenvalue weighted by Gasteiger charge is 2.34. The standard InChI is InChI=1S/C12H24N2O/c1-2-3-4-5-6-7-8-12(15)14-11-9-10(11)13/h10-11H,2-9,13H2,1H3,(H,14,15). The van der Waals surface area contributed by atoms with Crippen LogP contribution in [0.15, 0.2) is 0 Å². The molecule has 1 rings (SSSR count). The number of rotatable bonds is 8. The molecule has 1 amide bonds. The minimum atomic E-state index is 0.184. The smallest absolute Gasteiger partial charge is 0.220 e. The Bertz CT molecular complexity index is 194. The molecule has 88 valence electrons. The molecule has 1 fully saturated rings. The van der Waals surface area contributed by atoms with E-state index in [9.17, 15) is 4.79 Å². The molecule has 1 aliphatic rings. The van der Waals surface area contributed by atoms with Gasteiger partial charge in [-0.25, -0.2) is 0 Å². The van der Waals surface area contributed by atoms with E-state index in [1.807, 2.05) is 0 Å². The summed E-state index contributed by atoms with van der Waals surface area (Å²) in [5.74, 6) is 0.184. The quantitative estimate of drug-likeness (QED) is 0.604. The van der Waals surface area contributed by atoms with E-state index in [-0.39, 0.29) is 18.0 Å². The summed E-state index contributed by atoms with van der Waals surface area (Å²) in [6.07, 6.45) is 9.03. The normalized spacial score (nSPS) is 23.9. The number of nitrogens with two attached hydrogens (primary N) is 1. The van der Waals surface area contributed by atoms with Crippen molar-refractivity contribution in [2.75, 3.05) is 0 Å². The lowest BCUT2D eigenvalue weighted by molar-refractivity contribution is -0.121. The third-order valence-electron chi connectivity index (χ3n) is 2.94. The SMILES string of the molecule is CCCCCCCCC(=O)NC1CC1N. The van der Waals surface area contributed by atoms with Gasteiger partial charge in [-0.1, -0.05) is 39.0 Å². The lowest BCUT2D eigenvalue weighted by atomic mass is 10.1. The van der Waals surface area contributed by atoms with E-state index in [2.05, 4.69) is 12.2 Å². The molecular formula is C12H24N2O. The van der Waals surface area contributed by atoms with Crippen LogP contribution in [0, 0.1) is 0 Å². The number of amides is 1. The molecule has 3 heteroatoms. The largest absolute Gasteiger partial charge is 0.352 e. The molecule has 3 nitrogen and oxygen atoms in total. The highest BCUT2D eigenvalue weighted by Crippen LogP contribution is 2.18. The molecule has 3 N–H and O–H groups in total. The summed E-state index contributed by atoms with van der Waals surface area (Å²) in [5, 5.41) is 2.94. The van der Waals surface area contributed by atoms with Crippen molar-refractivity contribution in [3.63, 3.8) is 0 Å². The molecule has 0 saturated heterocycles. The molecule has 0 bridgehead atoms. The summed E-state index contributed by atoms with van der Waals surface area (Å²) in [6.45, 7) is 2.21.